The van der Waals surface area contributed by atoms with E-state index in [0.29, 0.717) is 26.7 Å². The number of benzene rings is 2. The van der Waals surface area contributed by atoms with Crippen molar-refractivity contribution in [3.63, 3.8) is 0 Å². The van der Waals surface area contributed by atoms with Gasteiger partial charge in [-0.25, -0.2) is 4.39 Å². The molecule has 0 atom stereocenters. The Bertz CT molecular complexity index is 724. The number of methoxy groups -OCH3 is 2. The van der Waals surface area contributed by atoms with Crippen molar-refractivity contribution in [3.8, 4) is 11.5 Å². The number of anilines is 1. The third-order valence-corrected chi connectivity index (χ3v) is 3.85. The minimum absolute atomic E-state index is 0.287. The number of amides is 1. The van der Waals surface area contributed by atoms with Crippen LogP contribution in [0.1, 0.15) is 10.4 Å². The van der Waals surface area contributed by atoms with Crippen molar-refractivity contribution in [1.29, 1.82) is 0 Å². The molecule has 4 nitrogen and oxygen atoms in total. The maximum absolute atomic E-state index is 13.1. The summed E-state index contributed by atoms with van der Waals surface area (Å²) in [5.41, 5.74) is 0.671. The van der Waals surface area contributed by atoms with Crippen LogP contribution in [0.5, 0.6) is 11.5 Å². The number of carbonyl (C=O) groups is 1. The number of ether oxygens (including phenoxy) is 2. The van der Waals surface area contributed by atoms with E-state index in [1.165, 1.54) is 38.5 Å². The molecule has 0 fully saturated rings. The lowest BCUT2D eigenvalue weighted by Gasteiger charge is -2.13. The minimum Gasteiger partial charge on any atom is -0.495 e. The largest absolute Gasteiger partial charge is 0.495 e. The summed E-state index contributed by atoms with van der Waals surface area (Å²) in [6.45, 7) is 0. The molecule has 0 spiro atoms. The van der Waals surface area contributed by atoms with Gasteiger partial charge in [0.25, 0.3) is 5.91 Å². The fourth-order valence-electron chi connectivity index (χ4n) is 1.82. The third kappa shape index (κ3) is 3.51. The van der Waals surface area contributed by atoms with Crippen LogP contribution in [0.3, 0.4) is 0 Å². The molecule has 0 heterocycles. The molecular formula is C15H12BrClFNO3. The van der Waals surface area contributed by atoms with E-state index in [1.807, 2.05) is 0 Å². The predicted molar refractivity (Wildman–Crippen MR) is 86.6 cm³/mol. The van der Waals surface area contributed by atoms with Crippen LogP contribution in [-0.4, -0.2) is 20.1 Å². The molecule has 0 aliphatic carbocycles. The van der Waals surface area contributed by atoms with E-state index in [4.69, 9.17) is 21.1 Å². The first-order chi connectivity index (χ1) is 10.5. The Labute approximate surface area is 140 Å². The Morgan fingerprint density at radius 2 is 1.86 bits per heavy atom. The van der Waals surface area contributed by atoms with Gasteiger partial charge >= 0.3 is 0 Å². The highest BCUT2D eigenvalue weighted by atomic mass is 79.9. The normalized spacial score (nSPS) is 10.2. The van der Waals surface area contributed by atoms with Crippen molar-refractivity contribution in [2.24, 2.45) is 0 Å². The van der Waals surface area contributed by atoms with Gasteiger partial charge in [0.05, 0.1) is 30.5 Å². The van der Waals surface area contributed by atoms with Gasteiger partial charge in [-0.1, -0.05) is 11.6 Å². The van der Waals surface area contributed by atoms with E-state index in [9.17, 15) is 9.18 Å². The Hall–Kier alpha value is -1.79. The van der Waals surface area contributed by atoms with Gasteiger partial charge in [-0.3, -0.25) is 4.79 Å². The molecular weight excluding hydrogens is 377 g/mol. The Morgan fingerprint density at radius 3 is 2.45 bits per heavy atom. The molecule has 1 N–H and O–H groups in total. The first-order valence-corrected chi connectivity index (χ1v) is 7.31. The number of nitrogens with one attached hydrogen (secondary N) is 1. The maximum atomic E-state index is 13.1. The third-order valence-electron chi connectivity index (χ3n) is 2.90. The maximum Gasteiger partial charge on any atom is 0.256 e. The smallest absolute Gasteiger partial charge is 0.256 e. The van der Waals surface area contributed by atoms with Crippen LogP contribution in [0.2, 0.25) is 5.02 Å². The van der Waals surface area contributed by atoms with Crippen LogP contribution in [0.4, 0.5) is 10.1 Å². The van der Waals surface area contributed by atoms with Gasteiger partial charge in [0.2, 0.25) is 0 Å². The zero-order valence-corrected chi connectivity index (χ0v) is 14.1. The van der Waals surface area contributed by atoms with Crippen LogP contribution < -0.4 is 14.8 Å². The Balaban J connectivity index is 2.33. The van der Waals surface area contributed by atoms with Gasteiger partial charge < -0.3 is 14.8 Å². The van der Waals surface area contributed by atoms with Crippen LogP contribution in [-0.2, 0) is 0 Å². The second-order valence-corrected chi connectivity index (χ2v) is 5.53. The quantitative estimate of drug-likeness (QED) is 0.838. The van der Waals surface area contributed by atoms with E-state index >= 15 is 0 Å². The second kappa shape index (κ2) is 6.98. The average molecular weight is 389 g/mol. The molecule has 22 heavy (non-hydrogen) atoms. The van der Waals surface area contributed by atoms with Gasteiger partial charge in [-0.15, -0.1) is 0 Å². The number of carbonyl (C=O) groups excluding carboxylic acids is 1. The SMILES string of the molecule is COc1cc(OC)c(NC(=O)c2ccc(F)cc2Br)cc1Cl. The molecule has 7 heteroatoms. The van der Waals surface area contributed by atoms with Crippen molar-refractivity contribution in [3.05, 3.63) is 51.2 Å². The van der Waals surface area contributed by atoms with Crippen molar-refractivity contribution in [2.75, 3.05) is 19.5 Å². The van der Waals surface area contributed by atoms with Crippen LogP contribution in [0.25, 0.3) is 0 Å². The van der Waals surface area contributed by atoms with Gasteiger partial charge in [0.15, 0.2) is 0 Å². The average Bonchev–Trinajstić information content (AvgIpc) is 2.47. The zero-order chi connectivity index (χ0) is 16.3. The molecule has 0 aromatic heterocycles. The highest BCUT2D eigenvalue weighted by Crippen LogP contribution is 2.36. The van der Waals surface area contributed by atoms with Gasteiger partial charge in [0.1, 0.15) is 17.3 Å². The molecule has 0 unspecified atom stereocenters. The van der Waals surface area contributed by atoms with Crippen LogP contribution in [0.15, 0.2) is 34.8 Å². The molecule has 0 aliphatic heterocycles. The first-order valence-electron chi connectivity index (χ1n) is 6.14. The molecule has 0 saturated heterocycles. The summed E-state index contributed by atoms with van der Waals surface area (Å²) in [6.07, 6.45) is 0. The summed E-state index contributed by atoms with van der Waals surface area (Å²) in [6, 6.07) is 6.89. The predicted octanol–water partition coefficient (Wildman–Crippen LogP) is 4.51. The summed E-state index contributed by atoms with van der Waals surface area (Å²) >= 11 is 9.21. The Morgan fingerprint density at radius 1 is 1.18 bits per heavy atom. The second-order valence-electron chi connectivity index (χ2n) is 4.27. The topological polar surface area (TPSA) is 47.6 Å². The Kier molecular flexibility index (Phi) is 5.26. The van der Waals surface area contributed by atoms with Crippen molar-refractivity contribution < 1.29 is 18.7 Å². The number of hydrogen-bond donors (Lipinski definition) is 1. The highest BCUT2D eigenvalue weighted by Gasteiger charge is 2.15. The zero-order valence-electron chi connectivity index (χ0n) is 11.7. The van der Waals surface area contributed by atoms with E-state index in [0.717, 1.165) is 0 Å². The molecule has 116 valence electrons. The van der Waals surface area contributed by atoms with Crippen molar-refractivity contribution in [2.45, 2.75) is 0 Å². The van der Waals surface area contributed by atoms with Gasteiger partial charge in [0, 0.05) is 10.5 Å². The lowest BCUT2D eigenvalue weighted by atomic mass is 10.2. The summed E-state index contributed by atoms with van der Waals surface area (Å²) < 4.78 is 23.7. The van der Waals surface area contributed by atoms with E-state index in [1.54, 1.807) is 6.07 Å². The summed E-state index contributed by atoms with van der Waals surface area (Å²) in [5, 5.41) is 3.00. The lowest BCUT2D eigenvalue weighted by molar-refractivity contribution is 0.102. The molecule has 1 amide bonds. The lowest BCUT2D eigenvalue weighted by Crippen LogP contribution is -2.13. The summed E-state index contributed by atoms with van der Waals surface area (Å²) in [7, 11) is 2.95. The van der Waals surface area contributed by atoms with Crippen molar-refractivity contribution >= 4 is 39.1 Å². The van der Waals surface area contributed by atoms with E-state index < -0.39 is 11.7 Å². The molecule has 0 saturated carbocycles. The van der Waals surface area contributed by atoms with Crippen LogP contribution in [0, 0.1) is 5.82 Å². The molecule has 2 rings (SSSR count). The van der Waals surface area contributed by atoms with E-state index in [-0.39, 0.29) is 5.56 Å². The minimum atomic E-state index is -0.437. The van der Waals surface area contributed by atoms with Crippen LogP contribution >= 0.6 is 27.5 Å². The van der Waals surface area contributed by atoms with Gasteiger partial charge in [-0.05, 0) is 40.2 Å². The first kappa shape index (κ1) is 16.6. The van der Waals surface area contributed by atoms with Gasteiger partial charge in [-0.2, -0.15) is 0 Å². The molecule has 2 aromatic rings. The fourth-order valence-corrected chi connectivity index (χ4v) is 2.59. The number of halogens is 3. The van der Waals surface area contributed by atoms with Crippen molar-refractivity contribution in [1.82, 2.24) is 0 Å². The number of rotatable bonds is 4. The molecule has 2 aromatic carbocycles. The number of hydrogen-bond acceptors (Lipinski definition) is 3. The monoisotopic (exact) mass is 387 g/mol. The molecule has 0 aliphatic rings. The van der Waals surface area contributed by atoms with E-state index in [2.05, 4.69) is 21.2 Å². The standard InChI is InChI=1S/C15H12BrClFNO3/c1-21-13-7-14(22-2)12(6-11(13)17)19-15(20)9-4-3-8(18)5-10(9)16/h3-7H,1-2H3,(H,19,20). The fraction of sp³-hybridized carbons (Fsp3) is 0.133. The molecule has 0 radical (unpaired) electrons. The molecule has 0 bridgehead atoms. The summed E-state index contributed by atoms with van der Waals surface area (Å²) in [5.74, 6) is -0.0350. The summed E-state index contributed by atoms with van der Waals surface area (Å²) in [4.78, 5) is 12.3. The highest BCUT2D eigenvalue weighted by molar-refractivity contribution is 9.10.